The Labute approximate surface area is 122 Å². The Bertz CT molecular complexity index is 599. The van der Waals surface area contributed by atoms with Crippen molar-refractivity contribution in [3.05, 3.63) is 69.0 Å². The van der Waals surface area contributed by atoms with Gasteiger partial charge in [-0.3, -0.25) is 0 Å². The summed E-state index contributed by atoms with van der Waals surface area (Å²) in [6.07, 6.45) is 0. The van der Waals surface area contributed by atoms with E-state index in [-0.39, 0.29) is 11.9 Å². The van der Waals surface area contributed by atoms with Crippen molar-refractivity contribution >= 4 is 23.2 Å². The Morgan fingerprint density at radius 3 is 2.42 bits per heavy atom. The van der Waals surface area contributed by atoms with Crippen molar-refractivity contribution in [1.29, 1.82) is 0 Å². The second kappa shape index (κ2) is 5.91. The van der Waals surface area contributed by atoms with Gasteiger partial charge >= 0.3 is 0 Å². The van der Waals surface area contributed by atoms with E-state index in [4.69, 9.17) is 23.2 Å². The highest BCUT2D eigenvalue weighted by atomic mass is 35.5. The zero-order valence-corrected chi connectivity index (χ0v) is 12.2. The molecule has 0 aliphatic carbocycles. The van der Waals surface area contributed by atoms with E-state index in [1.807, 2.05) is 13.0 Å². The summed E-state index contributed by atoms with van der Waals surface area (Å²) in [6.45, 7) is 1.85. The van der Waals surface area contributed by atoms with Crippen LogP contribution in [-0.2, 0) is 0 Å². The minimum Gasteiger partial charge on any atom is -0.309 e. The number of benzene rings is 2. The molecular formula is C15H14Cl2FN. The molecule has 0 bridgehead atoms. The van der Waals surface area contributed by atoms with Crippen molar-refractivity contribution in [1.82, 2.24) is 5.32 Å². The van der Waals surface area contributed by atoms with Crippen molar-refractivity contribution in [2.24, 2.45) is 0 Å². The van der Waals surface area contributed by atoms with E-state index in [9.17, 15) is 4.39 Å². The van der Waals surface area contributed by atoms with Gasteiger partial charge in [0.15, 0.2) is 0 Å². The molecule has 4 heteroatoms. The van der Waals surface area contributed by atoms with Gasteiger partial charge in [-0.05, 0) is 49.4 Å². The molecule has 0 aliphatic heterocycles. The SMILES string of the molecule is CNC(c1ccc(C)cc1F)c1cc(Cl)ccc1Cl. The number of rotatable bonds is 3. The second-order valence-corrected chi connectivity index (χ2v) is 5.26. The number of hydrogen-bond acceptors (Lipinski definition) is 1. The van der Waals surface area contributed by atoms with E-state index in [1.165, 1.54) is 6.07 Å². The zero-order valence-electron chi connectivity index (χ0n) is 10.7. The quantitative estimate of drug-likeness (QED) is 0.862. The fourth-order valence-electron chi connectivity index (χ4n) is 2.08. The summed E-state index contributed by atoms with van der Waals surface area (Å²) in [6, 6.07) is 10.0. The van der Waals surface area contributed by atoms with E-state index in [2.05, 4.69) is 5.32 Å². The van der Waals surface area contributed by atoms with Crippen molar-refractivity contribution in [2.75, 3.05) is 7.05 Å². The molecule has 0 aromatic heterocycles. The fraction of sp³-hybridized carbons (Fsp3) is 0.200. The van der Waals surface area contributed by atoms with Gasteiger partial charge in [0.25, 0.3) is 0 Å². The zero-order chi connectivity index (χ0) is 14.0. The van der Waals surface area contributed by atoms with Crippen molar-refractivity contribution in [3.63, 3.8) is 0 Å². The maximum Gasteiger partial charge on any atom is 0.128 e. The van der Waals surface area contributed by atoms with Crippen LogP contribution in [0.3, 0.4) is 0 Å². The Hall–Kier alpha value is -1.09. The van der Waals surface area contributed by atoms with Crippen LogP contribution in [0.2, 0.25) is 10.0 Å². The minimum atomic E-state index is -0.327. The van der Waals surface area contributed by atoms with Crippen molar-refractivity contribution in [2.45, 2.75) is 13.0 Å². The van der Waals surface area contributed by atoms with Gasteiger partial charge in [0.05, 0.1) is 6.04 Å². The van der Waals surface area contributed by atoms with Crippen LogP contribution in [0.15, 0.2) is 36.4 Å². The molecule has 100 valence electrons. The normalized spacial score (nSPS) is 12.5. The average Bonchev–Trinajstić information content (AvgIpc) is 2.36. The van der Waals surface area contributed by atoms with Gasteiger partial charge in [-0.15, -0.1) is 0 Å². The van der Waals surface area contributed by atoms with Crippen LogP contribution in [-0.4, -0.2) is 7.05 Å². The number of nitrogens with one attached hydrogen (secondary N) is 1. The largest absolute Gasteiger partial charge is 0.309 e. The number of halogens is 3. The molecular weight excluding hydrogens is 284 g/mol. The lowest BCUT2D eigenvalue weighted by molar-refractivity contribution is 0.575. The van der Waals surface area contributed by atoms with Gasteiger partial charge in [0.2, 0.25) is 0 Å². The standard InChI is InChI=1S/C15H14Cl2FN/c1-9-3-5-11(14(18)7-9)15(19-2)12-8-10(16)4-6-13(12)17/h3-8,15,19H,1-2H3. The molecule has 2 aromatic carbocycles. The Morgan fingerprint density at radius 1 is 1.05 bits per heavy atom. The molecule has 2 rings (SSSR count). The van der Waals surface area contributed by atoms with Crippen LogP contribution in [0.5, 0.6) is 0 Å². The predicted octanol–water partition coefficient (Wildman–Crippen LogP) is 4.75. The Balaban J connectivity index is 2.52. The van der Waals surface area contributed by atoms with E-state index < -0.39 is 0 Å². The van der Waals surface area contributed by atoms with Crippen LogP contribution in [0.4, 0.5) is 4.39 Å². The molecule has 1 atom stereocenters. The minimum absolute atomic E-state index is 0.254. The second-order valence-electron chi connectivity index (χ2n) is 4.41. The lowest BCUT2D eigenvalue weighted by Gasteiger charge is -2.19. The molecule has 0 saturated carbocycles. The first-order valence-electron chi connectivity index (χ1n) is 5.91. The van der Waals surface area contributed by atoms with Gasteiger partial charge in [0.1, 0.15) is 5.82 Å². The number of aryl methyl sites for hydroxylation is 1. The topological polar surface area (TPSA) is 12.0 Å². The smallest absolute Gasteiger partial charge is 0.128 e. The van der Waals surface area contributed by atoms with Gasteiger partial charge in [-0.1, -0.05) is 35.3 Å². The van der Waals surface area contributed by atoms with Crippen LogP contribution in [0.25, 0.3) is 0 Å². The van der Waals surface area contributed by atoms with Crippen LogP contribution in [0, 0.1) is 12.7 Å². The molecule has 2 aromatic rings. The highest BCUT2D eigenvalue weighted by molar-refractivity contribution is 6.33. The maximum absolute atomic E-state index is 14.1. The van der Waals surface area contributed by atoms with Crippen molar-refractivity contribution < 1.29 is 4.39 Å². The van der Waals surface area contributed by atoms with Crippen LogP contribution < -0.4 is 5.32 Å². The van der Waals surface area contributed by atoms with Crippen LogP contribution >= 0.6 is 23.2 Å². The summed E-state index contributed by atoms with van der Waals surface area (Å²) in [5, 5.41) is 4.21. The first kappa shape index (κ1) is 14.3. The lowest BCUT2D eigenvalue weighted by atomic mass is 9.97. The molecule has 0 aliphatic rings. The molecule has 0 radical (unpaired) electrons. The molecule has 1 N–H and O–H groups in total. The monoisotopic (exact) mass is 297 g/mol. The molecule has 1 nitrogen and oxygen atoms in total. The third-order valence-corrected chi connectivity index (χ3v) is 3.60. The van der Waals surface area contributed by atoms with E-state index in [0.717, 1.165) is 11.1 Å². The summed E-state index contributed by atoms with van der Waals surface area (Å²) in [5.41, 5.74) is 2.20. The maximum atomic E-state index is 14.1. The highest BCUT2D eigenvalue weighted by Gasteiger charge is 2.19. The Kier molecular flexibility index (Phi) is 4.46. The third-order valence-electron chi connectivity index (χ3n) is 3.02. The molecule has 0 heterocycles. The summed E-state index contributed by atoms with van der Waals surface area (Å²) >= 11 is 12.2. The molecule has 19 heavy (non-hydrogen) atoms. The third kappa shape index (κ3) is 3.08. The van der Waals surface area contributed by atoms with E-state index >= 15 is 0 Å². The lowest BCUT2D eigenvalue weighted by Crippen LogP contribution is -2.19. The van der Waals surface area contributed by atoms with Gasteiger partial charge < -0.3 is 5.32 Å². The van der Waals surface area contributed by atoms with Gasteiger partial charge in [-0.2, -0.15) is 0 Å². The van der Waals surface area contributed by atoms with Crippen molar-refractivity contribution in [3.8, 4) is 0 Å². The molecule has 1 unspecified atom stereocenters. The van der Waals surface area contributed by atoms with Gasteiger partial charge in [-0.25, -0.2) is 4.39 Å². The average molecular weight is 298 g/mol. The predicted molar refractivity (Wildman–Crippen MR) is 78.5 cm³/mol. The van der Waals surface area contributed by atoms with E-state index in [0.29, 0.717) is 15.6 Å². The Morgan fingerprint density at radius 2 is 1.79 bits per heavy atom. The summed E-state index contributed by atoms with van der Waals surface area (Å²) in [4.78, 5) is 0. The highest BCUT2D eigenvalue weighted by Crippen LogP contribution is 2.31. The molecule has 0 fully saturated rings. The molecule has 0 saturated heterocycles. The summed E-state index contributed by atoms with van der Waals surface area (Å²) in [7, 11) is 1.77. The summed E-state index contributed by atoms with van der Waals surface area (Å²) in [5.74, 6) is -0.254. The van der Waals surface area contributed by atoms with Gasteiger partial charge in [0, 0.05) is 15.6 Å². The summed E-state index contributed by atoms with van der Waals surface area (Å²) < 4.78 is 14.1. The first-order chi connectivity index (χ1) is 9.02. The fourth-order valence-corrected chi connectivity index (χ4v) is 2.49. The number of hydrogen-bond donors (Lipinski definition) is 1. The first-order valence-corrected chi connectivity index (χ1v) is 6.66. The van der Waals surface area contributed by atoms with E-state index in [1.54, 1.807) is 31.3 Å². The molecule has 0 spiro atoms. The molecule has 0 amide bonds. The van der Waals surface area contributed by atoms with Crippen LogP contribution in [0.1, 0.15) is 22.7 Å².